The van der Waals surface area contributed by atoms with E-state index in [2.05, 4.69) is 34.9 Å². The van der Waals surface area contributed by atoms with Crippen molar-refractivity contribution < 1.29 is 9.59 Å². The number of aryl methyl sites for hydroxylation is 3. The summed E-state index contributed by atoms with van der Waals surface area (Å²) in [6.07, 6.45) is 2.64. The molecule has 0 atom stereocenters. The Balaban J connectivity index is 1.35. The van der Waals surface area contributed by atoms with Crippen molar-refractivity contribution in [1.29, 1.82) is 0 Å². The van der Waals surface area contributed by atoms with E-state index in [9.17, 15) is 9.59 Å². The highest BCUT2D eigenvalue weighted by atomic mass is 16.2. The third-order valence-electron chi connectivity index (χ3n) is 5.79. The molecule has 1 aliphatic heterocycles. The summed E-state index contributed by atoms with van der Waals surface area (Å²) in [7, 11) is 0. The summed E-state index contributed by atoms with van der Waals surface area (Å²) in [5.41, 5.74) is 10.2. The van der Waals surface area contributed by atoms with Crippen LogP contribution in [0.25, 0.3) is 11.0 Å². The number of piperazine rings is 1. The third kappa shape index (κ3) is 3.85. The quantitative estimate of drug-likeness (QED) is 0.673. The van der Waals surface area contributed by atoms with Gasteiger partial charge in [-0.05, 0) is 43.2 Å². The van der Waals surface area contributed by atoms with Gasteiger partial charge in [0, 0.05) is 45.2 Å². The lowest BCUT2D eigenvalue weighted by Crippen LogP contribution is -2.49. The van der Waals surface area contributed by atoms with Crippen molar-refractivity contribution in [3.05, 3.63) is 53.0 Å². The number of fused-ring (bicyclic) bond motifs is 1. The highest BCUT2D eigenvalue weighted by Crippen LogP contribution is 2.21. The molecule has 2 aromatic heterocycles. The van der Waals surface area contributed by atoms with Gasteiger partial charge in [0.1, 0.15) is 11.6 Å². The van der Waals surface area contributed by atoms with Gasteiger partial charge in [-0.2, -0.15) is 0 Å². The topological polar surface area (TPSA) is 108 Å². The number of aromatic amines is 1. The van der Waals surface area contributed by atoms with Crippen molar-refractivity contribution in [2.24, 2.45) is 5.73 Å². The number of hydrogen-bond donors (Lipinski definition) is 2. The minimum absolute atomic E-state index is 0.110. The lowest BCUT2D eigenvalue weighted by Gasteiger charge is -2.36. The fourth-order valence-corrected chi connectivity index (χ4v) is 3.88. The zero-order valence-corrected chi connectivity index (χ0v) is 17.3. The molecule has 0 spiro atoms. The second-order valence-electron chi connectivity index (χ2n) is 7.69. The summed E-state index contributed by atoms with van der Waals surface area (Å²) < 4.78 is 0. The first kappa shape index (κ1) is 19.9. The number of rotatable bonds is 5. The Morgan fingerprint density at radius 3 is 2.63 bits per heavy atom. The Labute approximate surface area is 175 Å². The number of carbonyl (C=O) groups is 2. The Morgan fingerprint density at radius 2 is 1.90 bits per heavy atom. The monoisotopic (exact) mass is 406 g/mol. The van der Waals surface area contributed by atoms with Crippen LogP contribution in [0.4, 0.5) is 5.82 Å². The van der Waals surface area contributed by atoms with E-state index in [0.29, 0.717) is 50.4 Å². The zero-order valence-electron chi connectivity index (χ0n) is 17.3. The highest BCUT2D eigenvalue weighted by Gasteiger charge is 2.24. The van der Waals surface area contributed by atoms with Crippen molar-refractivity contribution in [1.82, 2.24) is 19.9 Å². The SMILES string of the molecule is Cc1ccc2[nH]c(CCC(=O)N3CCN(c4ncccc4C(N)=O)CC3)nc2c1C. The van der Waals surface area contributed by atoms with Crippen molar-refractivity contribution in [2.45, 2.75) is 26.7 Å². The lowest BCUT2D eigenvalue weighted by molar-refractivity contribution is -0.131. The number of amides is 2. The molecular weight excluding hydrogens is 380 g/mol. The predicted molar refractivity (Wildman–Crippen MR) is 115 cm³/mol. The van der Waals surface area contributed by atoms with Crippen molar-refractivity contribution in [3.63, 3.8) is 0 Å². The molecule has 1 aliphatic rings. The van der Waals surface area contributed by atoms with E-state index in [-0.39, 0.29) is 5.91 Å². The van der Waals surface area contributed by atoms with Gasteiger partial charge in [-0.1, -0.05) is 6.07 Å². The number of anilines is 1. The maximum absolute atomic E-state index is 12.7. The first-order valence-corrected chi connectivity index (χ1v) is 10.2. The molecule has 8 nitrogen and oxygen atoms in total. The Kier molecular flexibility index (Phi) is 5.39. The van der Waals surface area contributed by atoms with Crippen LogP contribution in [0.1, 0.15) is 33.7 Å². The minimum atomic E-state index is -0.493. The van der Waals surface area contributed by atoms with E-state index in [1.165, 1.54) is 11.1 Å². The van der Waals surface area contributed by atoms with E-state index in [1.54, 1.807) is 18.3 Å². The Morgan fingerprint density at radius 1 is 1.13 bits per heavy atom. The Bertz CT molecular complexity index is 1100. The third-order valence-corrected chi connectivity index (χ3v) is 5.79. The highest BCUT2D eigenvalue weighted by molar-refractivity contribution is 5.97. The van der Waals surface area contributed by atoms with Crippen molar-refractivity contribution in [2.75, 3.05) is 31.1 Å². The lowest BCUT2D eigenvalue weighted by atomic mass is 10.1. The molecule has 4 rings (SSSR count). The van der Waals surface area contributed by atoms with Crippen LogP contribution in [0.5, 0.6) is 0 Å². The van der Waals surface area contributed by atoms with Gasteiger partial charge >= 0.3 is 0 Å². The van der Waals surface area contributed by atoms with Crippen LogP contribution in [0.15, 0.2) is 30.5 Å². The van der Waals surface area contributed by atoms with Crippen molar-refractivity contribution >= 4 is 28.7 Å². The van der Waals surface area contributed by atoms with Gasteiger partial charge in [0.2, 0.25) is 5.91 Å². The van der Waals surface area contributed by atoms with Crippen LogP contribution in [0, 0.1) is 13.8 Å². The Hall–Kier alpha value is -3.42. The van der Waals surface area contributed by atoms with Gasteiger partial charge in [-0.15, -0.1) is 0 Å². The first-order chi connectivity index (χ1) is 14.4. The summed E-state index contributed by atoms with van der Waals surface area (Å²) in [5, 5.41) is 0. The number of nitrogens with one attached hydrogen (secondary N) is 1. The molecule has 2 amide bonds. The van der Waals surface area contributed by atoms with E-state index < -0.39 is 5.91 Å². The van der Waals surface area contributed by atoms with Crippen LogP contribution >= 0.6 is 0 Å². The predicted octanol–water partition coefficient (Wildman–Crippen LogP) is 1.96. The molecule has 1 fully saturated rings. The average molecular weight is 406 g/mol. The normalized spacial score (nSPS) is 14.3. The smallest absolute Gasteiger partial charge is 0.252 e. The molecule has 1 saturated heterocycles. The molecule has 1 aromatic carbocycles. The van der Waals surface area contributed by atoms with E-state index >= 15 is 0 Å². The number of carbonyl (C=O) groups excluding carboxylic acids is 2. The molecule has 0 aliphatic carbocycles. The molecular formula is C22H26N6O2. The van der Waals surface area contributed by atoms with Crippen LogP contribution in [0.2, 0.25) is 0 Å². The van der Waals surface area contributed by atoms with Gasteiger partial charge < -0.3 is 20.5 Å². The number of hydrogen-bond acceptors (Lipinski definition) is 5. The van der Waals surface area contributed by atoms with Crippen LogP contribution < -0.4 is 10.6 Å². The van der Waals surface area contributed by atoms with Gasteiger partial charge in [-0.3, -0.25) is 9.59 Å². The van der Waals surface area contributed by atoms with Gasteiger partial charge in [0.25, 0.3) is 5.91 Å². The molecule has 0 radical (unpaired) electrons. The van der Waals surface area contributed by atoms with Gasteiger partial charge in [0.05, 0.1) is 16.6 Å². The van der Waals surface area contributed by atoms with E-state index in [1.807, 2.05) is 15.9 Å². The summed E-state index contributed by atoms with van der Waals surface area (Å²) in [4.78, 5) is 40.5. The number of imidazole rings is 1. The van der Waals surface area contributed by atoms with Gasteiger partial charge in [-0.25, -0.2) is 9.97 Å². The van der Waals surface area contributed by atoms with E-state index in [4.69, 9.17) is 5.73 Å². The molecule has 0 saturated carbocycles. The maximum atomic E-state index is 12.7. The molecule has 3 heterocycles. The number of H-pyrrole nitrogens is 1. The molecule has 3 N–H and O–H groups in total. The number of nitrogens with zero attached hydrogens (tertiary/aromatic N) is 4. The standard InChI is InChI=1S/C22H26N6O2/c1-14-5-6-17-20(15(14)2)26-18(25-17)7-8-19(29)27-10-12-28(13-11-27)22-16(21(23)30)4-3-9-24-22/h3-6,9H,7-8,10-13H2,1-2H3,(H2,23,30)(H,25,26). The second kappa shape index (κ2) is 8.14. The number of nitrogens with two attached hydrogens (primary N) is 1. The molecule has 0 bridgehead atoms. The minimum Gasteiger partial charge on any atom is -0.365 e. The first-order valence-electron chi connectivity index (χ1n) is 10.2. The fourth-order valence-electron chi connectivity index (χ4n) is 3.88. The average Bonchev–Trinajstić information content (AvgIpc) is 3.19. The maximum Gasteiger partial charge on any atom is 0.252 e. The summed E-state index contributed by atoms with van der Waals surface area (Å²) in [5.74, 6) is 1.04. The second-order valence-corrected chi connectivity index (χ2v) is 7.69. The molecule has 8 heteroatoms. The molecule has 3 aromatic rings. The van der Waals surface area contributed by atoms with Crippen molar-refractivity contribution in [3.8, 4) is 0 Å². The molecule has 156 valence electrons. The zero-order chi connectivity index (χ0) is 21.3. The van der Waals surface area contributed by atoms with Crippen LogP contribution in [-0.4, -0.2) is 57.8 Å². The van der Waals surface area contributed by atoms with Crippen LogP contribution in [0.3, 0.4) is 0 Å². The summed E-state index contributed by atoms with van der Waals surface area (Å²) in [6.45, 7) is 6.55. The summed E-state index contributed by atoms with van der Waals surface area (Å²) >= 11 is 0. The van der Waals surface area contributed by atoms with Crippen LogP contribution in [-0.2, 0) is 11.2 Å². The number of aromatic nitrogens is 3. The number of pyridine rings is 1. The largest absolute Gasteiger partial charge is 0.365 e. The molecule has 0 unspecified atom stereocenters. The van der Waals surface area contributed by atoms with E-state index in [0.717, 1.165) is 16.9 Å². The summed E-state index contributed by atoms with van der Waals surface area (Å²) in [6, 6.07) is 7.49. The molecule has 30 heavy (non-hydrogen) atoms. The number of primary amides is 1. The fraction of sp³-hybridized carbons (Fsp3) is 0.364. The number of benzene rings is 1. The van der Waals surface area contributed by atoms with Gasteiger partial charge in [0.15, 0.2) is 0 Å².